The van der Waals surface area contributed by atoms with Gasteiger partial charge in [0.1, 0.15) is 6.61 Å². The van der Waals surface area contributed by atoms with Gasteiger partial charge in [-0.25, -0.2) is 4.79 Å². The van der Waals surface area contributed by atoms with Crippen LogP contribution in [-0.4, -0.2) is 29.1 Å². The van der Waals surface area contributed by atoms with E-state index in [0.29, 0.717) is 17.5 Å². The molecular formula is C22H26F3NO5. The largest absolute Gasteiger partial charge is 0.481 e. The van der Waals surface area contributed by atoms with Gasteiger partial charge in [-0.05, 0) is 49.3 Å². The highest BCUT2D eigenvalue weighted by atomic mass is 19.4. The Morgan fingerprint density at radius 3 is 2.35 bits per heavy atom. The van der Waals surface area contributed by atoms with Crippen LogP contribution in [0.4, 0.5) is 18.9 Å². The van der Waals surface area contributed by atoms with E-state index in [4.69, 9.17) is 4.74 Å². The molecule has 2 rings (SSSR count). The fraction of sp³-hybridized carbons (Fsp3) is 0.500. The van der Waals surface area contributed by atoms with E-state index in [9.17, 15) is 32.7 Å². The summed E-state index contributed by atoms with van der Waals surface area (Å²) in [5, 5.41) is 11.1. The van der Waals surface area contributed by atoms with Crippen molar-refractivity contribution in [3.63, 3.8) is 0 Å². The molecule has 9 heteroatoms. The lowest BCUT2D eigenvalue weighted by Gasteiger charge is -2.21. The van der Waals surface area contributed by atoms with Gasteiger partial charge in [0.2, 0.25) is 0 Å². The van der Waals surface area contributed by atoms with Crippen molar-refractivity contribution in [2.45, 2.75) is 60.2 Å². The molecule has 0 saturated heterocycles. The van der Waals surface area contributed by atoms with Crippen molar-refractivity contribution in [2.75, 3.05) is 5.32 Å². The van der Waals surface area contributed by atoms with E-state index in [1.54, 1.807) is 33.8 Å². The van der Waals surface area contributed by atoms with Gasteiger partial charge in [0.25, 0.3) is 0 Å². The number of alkyl halides is 3. The number of carboxylic acid groups (broad SMARTS) is 1. The monoisotopic (exact) mass is 441 g/mol. The molecular weight excluding hydrogens is 415 g/mol. The Balaban J connectivity index is 2.62. The zero-order valence-electron chi connectivity index (χ0n) is 18.1. The number of benzene rings is 1. The molecule has 1 heterocycles. The standard InChI is InChI=1S/C22H26F3NO5/c1-6-14-13(5)16-9-31-20(29)17(16)18(26-21(30)22(23,24)25)15(14)8-7-10(2)11(3)12(4)19(27)28/h7,11-12H,6,8-9H2,1-5H3,(H,26,30)(H,27,28). The number of amides is 1. The Morgan fingerprint density at radius 1 is 1.23 bits per heavy atom. The van der Waals surface area contributed by atoms with Crippen LogP contribution in [0.25, 0.3) is 0 Å². The molecule has 0 bridgehead atoms. The molecule has 31 heavy (non-hydrogen) atoms. The Bertz CT molecular complexity index is 950. The molecule has 1 aliphatic rings. The van der Waals surface area contributed by atoms with Gasteiger partial charge in [-0.3, -0.25) is 9.59 Å². The molecule has 1 aromatic rings. The summed E-state index contributed by atoms with van der Waals surface area (Å²) in [6.45, 7) is 8.61. The second-order valence-electron chi connectivity index (χ2n) is 7.76. The summed E-state index contributed by atoms with van der Waals surface area (Å²) in [5.41, 5.74) is 2.82. The van der Waals surface area contributed by atoms with Crippen molar-refractivity contribution in [3.8, 4) is 0 Å². The van der Waals surface area contributed by atoms with Crippen molar-refractivity contribution in [1.29, 1.82) is 0 Å². The minimum absolute atomic E-state index is 0.0553. The first-order valence-electron chi connectivity index (χ1n) is 9.93. The summed E-state index contributed by atoms with van der Waals surface area (Å²) in [5.74, 6) is -4.87. The number of halogens is 3. The number of esters is 1. The lowest BCUT2D eigenvalue weighted by atomic mass is 9.85. The summed E-state index contributed by atoms with van der Waals surface area (Å²) in [6.07, 6.45) is -2.80. The highest BCUT2D eigenvalue weighted by molar-refractivity contribution is 6.06. The van der Waals surface area contributed by atoms with Gasteiger partial charge < -0.3 is 15.2 Å². The molecule has 0 aliphatic carbocycles. The SMILES string of the molecule is CCc1c(C)c2c(c(NC(=O)C(F)(F)F)c1CC=C(C)C(C)C(C)C(=O)O)C(=O)OC2. The number of ether oxygens (including phenoxy) is 1. The molecule has 0 fully saturated rings. The van der Waals surface area contributed by atoms with Gasteiger partial charge in [-0.2, -0.15) is 13.2 Å². The van der Waals surface area contributed by atoms with Gasteiger partial charge in [0.15, 0.2) is 0 Å². The highest BCUT2D eigenvalue weighted by Crippen LogP contribution is 2.38. The third kappa shape index (κ3) is 4.91. The number of carboxylic acids is 1. The van der Waals surface area contributed by atoms with Crippen LogP contribution in [0, 0.1) is 18.8 Å². The number of cyclic esters (lactones) is 1. The molecule has 0 radical (unpaired) electrons. The maximum Gasteiger partial charge on any atom is 0.471 e. The second kappa shape index (κ2) is 9.11. The van der Waals surface area contributed by atoms with Crippen molar-refractivity contribution < 1.29 is 37.4 Å². The fourth-order valence-electron chi connectivity index (χ4n) is 3.75. The van der Waals surface area contributed by atoms with Crippen LogP contribution < -0.4 is 5.32 Å². The number of nitrogens with one attached hydrogen (secondary N) is 1. The Labute approximate surface area is 178 Å². The molecule has 1 aromatic carbocycles. The smallest absolute Gasteiger partial charge is 0.471 e. The van der Waals surface area contributed by atoms with E-state index in [0.717, 1.165) is 16.7 Å². The molecule has 170 valence electrons. The number of rotatable bonds is 7. The van der Waals surface area contributed by atoms with Gasteiger partial charge in [0.05, 0.1) is 17.2 Å². The van der Waals surface area contributed by atoms with E-state index in [-0.39, 0.29) is 30.2 Å². The molecule has 1 aliphatic heterocycles. The summed E-state index contributed by atoms with van der Waals surface area (Å²) in [7, 11) is 0. The maximum absolute atomic E-state index is 13.0. The number of allylic oxidation sites excluding steroid dienone is 2. The van der Waals surface area contributed by atoms with Crippen LogP contribution in [-0.2, 0) is 33.8 Å². The minimum atomic E-state index is -5.12. The maximum atomic E-state index is 13.0. The number of aliphatic carboxylic acids is 1. The Morgan fingerprint density at radius 2 is 1.84 bits per heavy atom. The van der Waals surface area contributed by atoms with Gasteiger partial charge >= 0.3 is 24.0 Å². The first-order valence-corrected chi connectivity index (χ1v) is 9.93. The number of carbonyl (C=O) groups is 3. The number of hydrogen-bond acceptors (Lipinski definition) is 4. The van der Waals surface area contributed by atoms with Crippen molar-refractivity contribution in [1.82, 2.24) is 0 Å². The number of carbonyl (C=O) groups excluding carboxylic acids is 2. The summed E-state index contributed by atoms with van der Waals surface area (Å²) < 4.78 is 43.9. The van der Waals surface area contributed by atoms with Crippen molar-refractivity contribution in [2.24, 2.45) is 11.8 Å². The molecule has 2 unspecified atom stereocenters. The number of hydrogen-bond donors (Lipinski definition) is 2. The summed E-state index contributed by atoms with van der Waals surface area (Å²) in [4.78, 5) is 35.3. The normalized spacial score (nSPS) is 15.9. The zero-order chi connectivity index (χ0) is 23.7. The van der Waals surface area contributed by atoms with Gasteiger partial charge in [-0.1, -0.05) is 32.4 Å². The molecule has 2 atom stereocenters. The fourth-order valence-corrected chi connectivity index (χ4v) is 3.75. The van der Waals surface area contributed by atoms with Gasteiger partial charge in [-0.15, -0.1) is 0 Å². The third-order valence-corrected chi connectivity index (χ3v) is 6.01. The first-order chi connectivity index (χ1) is 14.3. The predicted octanol–water partition coefficient (Wildman–Crippen LogP) is 4.57. The van der Waals surface area contributed by atoms with Gasteiger partial charge in [0, 0.05) is 5.56 Å². The summed E-state index contributed by atoms with van der Waals surface area (Å²) >= 11 is 0. The van der Waals surface area contributed by atoms with E-state index < -0.39 is 29.9 Å². The topological polar surface area (TPSA) is 92.7 Å². The molecule has 6 nitrogen and oxygen atoms in total. The van der Waals surface area contributed by atoms with Crippen LogP contribution in [0.15, 0.2) is 11.6 Å². The van der Waals surface area contributed by atoms with Crippen molar-refractivity contribution >= 4 is 23.5 Å². The zero-order valence-corrected chi connectivity index (χ0v) is 18.1. The molecule has 0 aromatic heterocycles. The molecule has 1 amide bonds. The van der Waals surface area contributed by atoms with E-state index in [1.807, 2.05) is 12.2 Å². The Kier molecular flexibility index (Phi) is 7.18. The number of fused-ring (bicyclic) bond motifs is 1. The van der Waals surface area contributed by atoms with Crippen LogP contribution in [0.3, 0.4) is 0 Å². The third-order valence-electron chi connectivity index (χ3n) is 6.01. The minimum Gasteiger partial charge on any atom is -0.481 e. The first kappa shape index (κ1) is 24.4. The average Bonchev–Trinajstić information content (AvgIpc) is 3.08. The molecule has 0 saturated carbocycles. The van der Waals surface area contributed by atoms with Crippen LogP contribution in [0.2, 0.25) is 0 Å². The van der Waals surface area contributed by atoms with Crippen molar-refractivity contribution in [3.05, 3.63) is 39.5 Å². The van der Waals surface area contributed by atoms with E-state index >= 15 is 0 Å². The second-order valence-corrected chi connectivity index (χ2v) is 7.76. The number of anilines is 1. The van der Waals surface area contributed by atoms with E-state index in [2.05, 4.69) is 0 Å². The molecule has 2 N–H and O–H groups in total. The lowest BCUT2D eigenvalue weighted by molar-refractivity contribution is -0.167. The quantitative estimate of drug-likeness (QED) is 0.478. The van der Waals surface area contributed by atoms with E-state index in [1.165, 1.54) is 0 Å². The Hall–Kier alpha value is -2.84. The summed E-state index contributed by atoms with van der Waals surface area (Å²) in [6, 6.07) is 0. The van der Waals surface area contributed by atoms with Crippen LogP contribution in [0.5, 0.6) is 0 Å². The average molecular weight is 441 g/mol. The van der Waals surface area contributed by atoms with Crippen LogP contribution in [0.1, 0.15) is 60.3 Å². The van der Waals surface area contributed by atoms with Crippen LogP contribution >= 0.6 is 0 Å². The molecule has 0 spiro atoms. The lowest BCUT2D eigenvalue weighted by Crippen LogP contribution is -2.31. The highest BCUT2D eigenvalue weighted by Gasteiger charge is 2.41. The predicted molar refractivity (Wildman–Crippen MR) is 108 cm³/mol.